The number of nitrogens with zero attached hydrogens (tertiary/aromatic N) is 4. The van der Waals surface area contributed by atoms with Crippen LogP contribution < -0.4 is 5.32 Å². The molecule has 3 rings (SSSR count). The molecule has 0 fully saturated rings. The highest BCUT2D eigenvalue weighted by atomic mass is 127. The number of benzene rings is 1. The van der Waals surface area contributed by atoms with Gasteiger partial charge in [-0.3, -0.25) is 4.99 Å². The summed E-state index contributed by atoms with van der Waals surface area (Å²) in [5.74, 6) is 2.24. The van der Waals surface area contributed by atoms with Gasteiger partial charge in [0.05, 0.1) is 0 Å². The van der Waals surface area contributed by atoms with Gasteiger partial charge in [0.15, 0.2) is 11.8 Å². The van der Waals surface area contributed by atoms with Crippen molar-refractivity contribution in [2.24, 2.45) is 4.99 Å². The van der Waals surface area contributed by atoms with Crippen LogP contribution in [-0.4, -0.2) is 47.7 Å². The van der Waals surface area contributed by atoms with E-state index in [-0.39, 0.29) is 24.0 Å². The Labute approximate surface area is 165 Å². The van der Waals surface area contributed by atoms with Gasteiger partial charge in [0.2, 0.25) is 5.89 Å². The van der Waals surface area contributed by atoms with Crippen molar-refractivity contribution >= 4 is 35.5 Å². The Balaban J connectivity index is 0.00000225. The van der Waals surface area contributed by atoms with Gasteiger partial charge >= 0.3 is 0 Å². The van der Waals surface area contributed by atoms with E-state index in [1.807, 2.05) is 14.0 Å². The summed E-state index contributed by atoms with van der Waals surface area (Å²) in [5.41, 5.74) is 2.72. The highest BCUT2D eigenvalue weighted by Gasteiger charge is 2.16. The third-order valence-corrected chi connectivity index (χ3v) is 4.06. The maximum atomic E-state index is 5.12. The molecular formula is C18H24IN5O. The molecule has 0 saturated heterocycles. The lowest BCUT2D eigenvalue weighted by Gasteiger charge is -2.29. The Morgan fingerprint density at radius 1 is 1.32 bits per heavy atom. The van der Waals surface area contributed by atoms with E-state index in [0.717, 1.165) is 32.0 Å². The first-order valence-electron chi connectivity index (χ1n) is 8.25. The fourth-order valence-corrected chi connectivity index (χ4v) is 2.83. The van der Waals surface area contributed by atoms with Crippen LogP contribution >= 0.6 is 24.0 Å². The molecule has 2 aromatic rings. The zero-order valence-corrected chi connectivity index (χ0v) is 16.9. The van der Waals surface area contributed by atoms with Crippen LogP contribution in [0.15, 0.2) is 45.9 Å². The second kappa shape index (κ2) is 9.55. The molecular weight excluding hydrogens is 429 g/mol. The number of aliphatic imine (C=N–C) groups is 1. The summed E-state index contributed by atoms with van der Waals surface area (Å²) < 4.78 is 5.12. The summed E-state index contributed by atoms with van der Waals surface area (Å²) in [4.78, 5) is 10.8. The van der Waals surface area contributed by atoms with Crippen molar-refractivity contribution in [3.8, 4) is 0 Å². The number of aryl methyl sites for hydroxylation is 1. The lowest BCUT2D eigenvalue weighted by Crippen LogP contribution is -2.44. The second-order valence-electron chi connectivity index (χ2n) is 5.75. The molecule has 1 N–H and O–H groups in total. The molecule has 0 spiro atoms. The van der Waals surface area contributed by atoms with Crippen molar-refractivity contribution in [3.63, 3.8) is 0 Å². The van der Waals surface area contributed by atoms with E-state index < -0.39 is 0 Å². The predicted molar refractivity (Wildman–Crippen MR) is 110 cm³/mol. The molecule has 0 bridgehead atoms. The summed E-state index contributed by atoms with van der Waals surface area (Å²) >= 11 is 0. The van der Waals surface area contributed by atoms with Crippen molar-refractivity contribution in [3.05, 3.63) is 53.7 Å². The quantitative estimate of drug-likeness (QED) is 0.438. The van der Waals surface area contributed by atoms with Crippen LogP contribution in [0.5, 0.6) is 0 Å². The van der Waals surface area contributed by atoms with E-state index >= 15 is 0 Å². The molecule has 1 aliphatic rings. The van der Waals surface area contributed by atoms with Crippen LogP contribution in [0, 0.1) is 6.92 Å². The van der Waals surface area contributed by atoms with E-state index in [1.54, 1.807) is 0 Å². The number of halogens is 1. The Morgan fingerprint density at radius 3 is 2.72 bits per heavy atom. The molecule has 25 heavy (non-hydrogen) atoms. The van der Waals surface area contributed by atoms with Crippen LogP contribution in [0.1, 0.15) is 23.7 Å². The van der Waals surface area contributed by atoms with Crippen LogP contribution in [0.25, 0.3) is 5.57 Å². The van der Waals surface area contributed by atoms with E-state index in [2.05, 4.69) is 61.8 Å². The Kier molecular flexibility index (Phi) is 7.42. The summed E-state index contributed by atoms with van der Waals surface area (Å²) in [6.45, 7) is 4.37. The zero-order chi connectivity index (χ0) is 16.8. The normalized spacial score (nSPS) is 14.7. The van der Waals surface area contributed by atoms with E-state index in [1.165, 1.54) is 11.1 Å². The van der Waals surface area contributed by atoms with Crippen molar-refractivity contribution in [2.45, 2.75) is 19.8 Å². The average Bonchev–Trinajstić information content (AvgIpc) is 3.05. The number of guanidine groups is 1. The summed E-state index contributed by atoms with van der Waals surface area (Å²) in [6, 6.07) is 10.6. The van der Waals surface area contributed by atoms with Crippen LogP contribution in [0.2, 0.25) is 0 Å². The van der Waals surface area contributed by atoms with Gasteiger partial charge in [0.25, 0.3) is 0 Å². The van der Waals surface area contributed by atoms with E-state index in [9.17, 15) is 0 Å². The average molecular weight is 453 g/mol. The summed E-state index contributed by atoms with van der Waals surface area (Å²) in [5, 5.41) is 7.17. The number of hydrogen-bond donors (Lipinski definition) is 1. The first-order valence-corrected chi connectivity index (χ1v) is 8.25. The number of nitrogens with one attached hydrogen (secondary N) is 1. The van der Waals surface area contributed by atoms with E-state index in [4.69, 9.17) is 4.52 Å². The monoisotopic (exact) mass is 453 g/mol. The first kappa shape index (κ1) is 19.4. The molecule has 6 nitrogen and oxygen atoms in total. The Hall–Kier alpha value is -1.90. The molecule has 0 atom stereocenters. The fraction of sp³-hybridized carbons (Fsp3) is 0.389. The van der Waals surface area contributed by atoms with Gasteiger partial charge < -0.3 is 14.7 Å². The lowest BCUT2D eigenvalue weighted by molar-refractivity contribution is 0.373. The van der Waals surface area contributed by atoms with Gasteiger partial charge in [-0.25, -0.2) is 0 Å². The smallest absolute Gasteiger partial charge is 0.228 e. The molecule has 1 aromatic carbocycles. The molecule has 0 radical (unpaired) electrons. The second-order valence-corrected chi connectivity index (χ2v) is 5.75. The third-order valence-electron chi connectivity index (χ3n) is 4.06. The predicted octanol–water partition coefficient (Wildman–Crippen LogP) is 2.90. The number of hydrogen-bond acceptors (Lipinski definition) is 4. The summed E-state index contributed by atoms with van der Waals surface area (Å²) in [6.07, 6.45) is 4.00. The van der Waals surface area contributed by atoms with Crippen molar-refractivity contribution in [1.82, 2.24) is 20.4 Å². The molecule has 134 valence electrons. The van der Waals surface area contributed by atoms with Crippen molar-refractivity contribution < 1.29 is 4.52 Å². The summed E-state index contributed by atoms with van der Waals surface area (Å²) in [7, 11) is 1.82. The molecule has 1 aromatic heterocycles. The van der Waals surface area contributed by atoms with Crippen LogP contribution in [0.3, 0.4) is 0 Å². The number of rotatable bonds is 4. The molecule has 0 aliphatic carbocycles. The van der Waals surface area contributed by atoms with Gasteiger partial charge in [0.1, 0.15) is 0 Å². The lowest BCUT2D eigenvalue weighted by atomic mass is 10.00. The van der Waals surface area contributed by atoms with Gasteiger partial charge in [-0.05, 0) is 24.5 Å². The fourth-order valence-electron chi connectivity index (χ4n) is 2.83. The molecule has 0 amide bonds. The number of aromatic nitrogens is 2. The SMILES string of the molecule is CN=C(NCCc1nc(C)no1)N1CC=C(c2ccccc2)CC1.I. The molecule has 1 aliphatic heterocycles. The van der Waals surface area contributed by atoms with Crippen molar-refractivity contribution in [1.29, 1.82) is 0 Å². The Morgan fingerprint density at radius 2 is 2.12 bits per heavy atom. The topological polar surface area (TPSA) is 66.5 Å². The largest absolute Gasteiger partial charge is 0.356 e. The maximum absolute atomic E-state index is 5.12. The van der Waals surface area contributed by atoms with Crippen molar-refractivity contribution in [2.75, 3.05) is 26.7 Å². The minimum absolute atomic E-state index is 0. The van der Waals surface area contributed by atoms with Gasteiger partial charge in [-0.2, -0.15) is 4.98 Å². The molecule has 2 heterocycles. The highest BCUT2D eigenvalue weighted by Crippen LogP contribution is 2.21. The molecule has 7 heteroatoms. The molecule has 0 saturated carbocycles. The van der Waals surface area contributed by atoms with Gasteiger partial charge in [-0.1, -0.05) is 41.6 Å². The first-order chi connectivity index (χ1) is 11.8. The minimum Gasteiger partial charge on any atom is -0.356 e. The standard InChI is InChI=1S/C18H23N5O.HI/c1-14-21-17(24-22-14)8-11-20-18(19-2)23-12-9-16(10-13-23)15-6-4-3-5-7-15;/h3-7,9H,8,10-13H2,1-2H3,(H,19,20);1H. The highest BCUT2D eigenvalue weighted by molar-refractivity contribution is 14.0. The van der Waals surface area contributed by atoms with Crippen LogP contribution in [0.4, 0.5) is 0 Å². The van der Waals surface area contributed by atoms with E-state index in [0.29, 0.717) is 18.1 Å². The van der Waals surface area contributed by atoms with Gasteiger partial charge in [0, 0.05) is 33.1 Å². The minimum atomic E-state index is 0. The Bertz CT molecular complexity index is 726. The van der Waals surface area contributed by atoms with Crippen LogP contribution in [-0.2, 0) is 6.42 Å². The van der Waals surface area contributed by atoms with Gasteiger partial charge in [-0.15, -0.1) is 24.0 Å². The molecule has 0 unspecified atom stereocenters. The third kappa shape index (κ3) is 5.29. The zero-order valence-electron chi connectivity index (χ0n) is 14.6. The maximum Gasteiger partial charge on any atom is 0.228 e.